The predicted molar refractivity (Wildman–Crippen MR) is 86.8 cm³/mol. The van der Waals surface area contributed by atoms with Gasteiger partial charge in [0, 0.05) is 18.9 Å². The number of rotatable bonds is 4. The van der Waals surface area contributed by atoms with Crippen molar-refractivity contribution in [3.8, 4) is 0 Å². The Morgan fingerprint density at radius 3 is 2.71 bits per heavy atom. The summed E-state index contributed by atoms with van der Waals surface area (Å²) in [6.07, 6.45) is 0.880. The van der Waals surface area contributed by atoms with Crippen molar-refractivity contribution in [2.24, 2.45) is 0 Å². The first-order valence-corrected chi connectivity index (χ1v) is 8.24. The summed E-state index contributed by atoms with van der Waals surface area (Å²) < 4.78 is 1.87. The quantitative estimate of drug-likeness (QED) is 0.510. The van der Waals surface area contributed by atoms with E-state index < -0.39 is 0 Å². The van der Waals surface area contributed by atoms with Crippen LogP contribution in [0.5, 0.6) is 0 Å². The molecule has 0 spiro atoms. The molecule has 0 aliphatic rings. The van der Waals surface area contributed by atoms with Crippen molar-refractivity contribution in [2.45, 2.75) is 25.8 Å². The van der Waals surface area contributed by atoms with E-state index in [0.29, 0.717) is 5.56 Å². The third kappa shape index (κ3) is 4.21. The van der Waals surface area contributed by atoms with Gasteiger partial charge in [-0.05, 0) is 70.1 Å². The summed E-state index contributed by atoms with van der Waals surface area (Å²) in [7, 11) is 0. The molecule has 0 heterocycles. The van der Waals surface area contributed by atoms with E-state index in [1.807, 2.05) is 25.1 Å². The minimum absolute atomic E-state index is 0.0424. The molecule has 5 heteroatoms. The fraction of sp³-hybridized carbons (Fsp3) is 0.417. The van der Waals surface area contributed by atoms with Gasteiger partial charge in [-0.25, -0.2) is 0 Å². The van der Waals surface area contributed by atoms with Crippen LogP contribution in [0.25, 0.3) is 0 Å². The third-order valence-corrected chi connectivity index (χ3v) is 5.26. The predicted octanol–water partition coefficient (Wildman–Crippen LogP) is 4.35. The standard InChI is InChI=1S/C12H14Br2INO/c1-3-12(2,7-13)16-11(17)9-6-8(15)4-5-10(9)14/h4-6H,3,7H2,1-2H3,(H,16,17). The highest BCUT2D eigenvalue weighted by Gasteiger charge is 2.24. The average Bonchev–Trinajstić information content (AvgIpc) is 2.32. The third-order valence-electron chi connectivity index (χ3n) is 2.66. The summed E-state index contributed by atoms with van der Waals surface area (Å²) in [5.74, 6) is -0.0424. The molecule has 0 saturated heterocycles. The number of hydrogen-bond acceptors (Lipinski definition) is 1. The zero-order chi connectivity index (χ0) is 13.1. The van der Waals surface area contributed by atoms with Crippen molar-refractivity contribution in [1.29, 1.82) is 0 Å². The summed E-state index contributed by atoms with van der Waals surface area (Å²) in [5.41, 5.74) is 0.468. The second-order valence-corrected chi connectivity index (χ2v) is 6.79. The maximum Gasteiger partial charge on any atom is 0.252 e. The summed E-state index contributed by atoms with van der Waals surface area (Å²) in [6.45, 7) is 4.09. The van der Waals surface area contributed by atoms with Gasteiger partial charge in [0.15, 0.2) is 0 Å². The molecule has 1 aromatic carbocycles. The van der Waals surface area contributed by atoms with E-state index >= 15 is 0 Å². The number of carbonyl (C=O) groups is 1. The zero-order valence-corrected chi connectivity index (χ0v) is 15.0. The molecule has 94 valence electrons. The molecule has 0 fully saturated rings. The van der Waals surface area contributed by atoms with Crippen molar-refractivity contribution in [3.63, 3.8) is 0 Å². The lowest BCUT2D eigenvalue weighted by Crippen LogP contribution is -2.47. The highest BCUT2D eigenvalue weighted by Crippen LogP contribution is 2.21. The molecule has 1 N–H and O–H groups in total. The monoisotopic (exact) mass is 473 g/mol. The first kappa shape index (κ1) is 15.4. The number of carbonyl (C=O) groups excluding carboxylic acids is 1. The zero-order valence-electron chi connectivity index (χ0n) is 9.69. The van der Waals surface area contributed by atoms with E-state index in [2.05, 4.69) is 66.7 Å². The molecule has 17 heavy (non-hydrogen) atoms. The Morgan fingerprint density at radius 1 is 1.53 bits per heavy atom. The van der Waals surface area contributed by atoms with Gasteiger partial charge in [0.25, 0.3) is 5.91 Å². The van der Waals surface area contributed by atoms with Crippen molar-refractivity contribution in [3.05, 3.63) is 31.8 Å². The summed E-state index contributed by atoms with van der Waals surface area (Å²) in [5, 5.41) is 3.80. The van der Waals surface area contributed by atoms with Gasteiger partial charge in [0.05, 0.1) is 5.56 Å². The van der Waals surface area contributed by atoms with E-state index in [4.69, 9.17) is 0 Å². The van der Waals surface area contributed by atoms with E-state index in [1.54, 1.807) is 0 Å². The van der Waals surface area contributed by atoms with Gasteiger partial charge < -0.3 is 5.32 Å². The molecule has 1 rings (SSSR count). The Balaban J connectivity index is 2.94. The number of nitrogens with one attached hydrogen (secondary N) is 1. The van der Waals surface area contributed by atoms with Crippen LogP contribution in [0.3, 0.4) is 0 Å². The lowest BCUT2D eigenvalue weighted by Gasteiger charge is -2.27. The Hall–Kier alpha value is 0.380. The fourth-order valence-electron chi connectivity index (χ4n) is 1.23. The normalized spacial score (nSPS) is 14.2. The molecule has 2 nitrogen and oxygen atoms in total. The van der Waals surface area contributed by atoms with Gasteiger partial charge in [-0.1, -0.05) is 22.9 Å². The first-order chi connectivity index (χ1) is 7.91. The minimum Gasteiger partial charge on any atom is -0.346 e. The van der Waals surface area contributed by atoms with Gasteiger partial charge in [-0.3, -0.25) is 4.79 Å². The summed E-state index contributed by atoms with van der Waals surface area (Å²) in [4.78, 5) is 12.2. The Kier molecular flexibility index (Phi) is 5.92. The van der Waals surface area contributed by atoms with Crippen molar-refractivity contribution >= 4 is 60.4 Å². The van der Waals surface area contributed by atoms with E-state index in [-0.39, 0.29) is 11.4 Å². The maximum atomic E-state index is 12.2. The molecule has 1 aromatic rings. The minimum atomic E-state index is -0.211. The maximum absolute atomic E-state index is 12.2. The molecular formula is C12H14Br2INO. The molecule has 1 amide bonds. The van der Waals surface area contributed by atoms with Gasteiger partial charge in [0.2, 0.25) is 0 Å². The molecular weight excluding hydrogens is 461 g/mol. The smallest absolute Gasteiger partial charge is 0.252 e. The number of halogens is 3. The van der Waals surface area contributed by atoms with Crippen LogP contribution in [0.4, 0.5) is 0 Å². The molecule has 1 atom stereocenters. The van der Waals surface area contributed by atoms with Gasteiger partial charge in [-0.2, -0.15) is 0 Å². The molecule has 0 aliphatic carbocycles. The number of alkyl halides is 1. The van der Waals surface area contributed by atoms with E-state index in [1.165, 1.54) is 0 Å². The van der Waals surface area contributed by atoms with Crippen LogP contribution >= 0.6 is 54.5 Å². The topological polar surface area (TPSA) is 29.1 Å². The molecule has 0 bridgehead atoms. The highest BCUT2D eigenvalue weighted by molar-refractivity contribution is 14.1. The van der Waals surface area contributed by atoms with Crippen LogP contribution in [-0.4, -0.2) is 16.8 Å². The second-order valence-electron chi connectivity index (χ2n) is 4.13. The van der Waals surface area contributed by atoms with Crippen molar-refractivity contribution < 1.29 is 4.79 Å². The molecule has 0 radical (unpaired) electrons. The van der Waals surface area contributed by atoms with Crippen molar-refractivity contribution in [2.75, 3.05) is 5.33 Å². The molecule has 0 aromatic heterocycles. The van der Waals surface area contributed by atoms with E-state index in [0.717, 1.165) is 19.8 Å². The van der Waals surface area contributed by atoms with Gasteiger partial charge in [-0.15, -0.1) is 0 Å². The Bertz CT molecular complexity index is 419. The van der Waals surface area contributed by atoms with Gasteiger partial charge in [0.1, 0.15) is 0 Å². The van der Waals surface area contributed by atoms with Gasteiger partial charge >= 0.3 is 0 Å². The fourth-order valence-corrected chi connectivity index (χ4v) is 2.68. The average molecular weight is 475 g/mol. The Labute approximate surface area is 132 Å². The van der Waals surface area contributed by atoms with Crippen LogP contribution in [-0.2, 0) is 0 Å². The van der Waals surface area contributed by atoms with E-state index in [9.17, 15) is 4.79 Å². The second kappa shape index (κ2) is 6.52. The molecule has 0 saturated carbocycles. The summed E-state index contributed by atoms with van der Waals surface area (Å²) >= 11 is 9.05. The Morgan fingerprint density at radius 2 is 2.18 bits per heavy atom. The largest absolute Gasteiger partial charge is 0.346 e. The number of amides is 1. The van der Waals surface area contributed by atoms with Crippen LogP contribution < -0.4 is 5.32 Å². The number of hydrogen-bond donors (Lipinski definition) is 1. The lowest BCUT2D eigenvalue weighted by atomic mass is 10.0. The first-order valence-electron chi connectivity index (χ1n) is 5.25. The van der Waals surface area contributed by atoms with Crippen molar-refractivity contribution in [1.82, 2.24) is 5.32 Å². The highest BCUT2D eigenvalue weighted by atomic mass is 127. The number of benzene rings is 1. The molecule has 1 unspecified atom stereocenters. The SMILES string of the molecule is CCC(C)(CBr)NC(=O)c1cc(I)ccc1Br. The lowest BCUT2D eigenvalue weighted by molar-refractivity contribution is 0.0912. The van der Waals surface area contributed by atoms with Crippen LogP contribution in [0.2, 0.25) is 0 Å². The summed E-state index contributed by atoms with van der Waals surface area (Å²) in [6, 6.07) is 5.74. The van der Waals surface area contributed by atoms with Crippen LogP contribution in [0, 0.1) is 3.57 Å². The van der Waals surface area contributed by atoms with Crippen LogP contribution in [0.15, 0.2) is 22.7 Å². The molecule has 0 aliphatic heterocycles. The van der Waals surface area contributed by atoms with Crippen LogP contribution in [0.1, 0.15) is 30.6 Å².